The molecule has 0 amide bonds. The molecular formula is C31H41NO3SSi. The molecule has 0 radical (unpaired) electrons. The molecule has 4 nitrogen and oxygen atoms in total. The van der Waals surface area contributed by atoms with Gasteiger partial charge in [-0.05, 0) is 60.4 Å². The third kappa shape index (κ3) is 6.80. The van der Waals surface area contributed by atoms with Gasteiger partial charge in [-0.15, -0.1) is 0 Å². The van der Waals surface area contributed by atoms with E-state index in [1.807, 2.05) is 53.9 Å². The summed E-state index contributed by atoms with van der Waals surface area (Å²) in [6.07, 6.45) is -0.229. The number of hydrogen-bond donors (Lipinski definition) is 0. The zero-order chi connectivity index (χ0) is 26.9. The molecule has 198 valence electrons. The first-order chi connectivity index (χ1) is 17.8. The minimum atomic E-state index is -2.75. The highest BCUT2D eigenvalue weighted by atomic mass is 32.2. The van der Waals surface area contributed by atoms with Gasteiger partial charge in [-0.2, -0.15) is 0 Å². The van der Waals surface area contributed by atoms with Crippen molar-refractivity contribution in [2.24, 2.45) is 4.36 Å². The quantitative estimate of drug-likeness (QED) is 0.218. The van der Waals surface area contributed by atoms with E-state index in [1.165, 1.54) is 0 Å². The largest absolute Gasteiger partial charge is 0.497 e. The summed E-state index contributed by atoms with van der Waals surface area (Å²) in [6, 6.07) is 31.3. The van der Waals surface area contributed by atoms with Crippen molar-refractivity contribution in [1.82, 2.24) is 0 Å². The van der Waals surface area contributed by atoms with Crippen LogP contribution in [0.2, 0.25) is 18.1 Å². The molecule has 6 heteroatoms. The van der Waals surface area contributed by atoms with Gasteiger partial charge in [0.25, 0.3) is 0 Å². The molecule has 0 N–H and O–H groups in total. The first-order valence-corrected chi connectivity index (χ1v) is 17.2. The molecule has 0 fully saturated rings. The van der Waals surface area contributed by atoms with E-state index in [0.29, 0.717) is 4.90 Å². The van der Waals surface area contributed by atoms with Crippen molar-refractivity contribution in [2.45, 2.75) is 62.7 Å². The van der Waals surface area contributed by atoms with Gasteiger partial charge in [-0.1, -0.05) is 87.0 Å². The van der Waals surface area contributed by atoms with Crippen LogP contribution in [0.25, 0.3) is 0 Å². The Labute approximate surface area is 225 Å². The molecule has 0 unspecified atom stereocenters. The first kappa shape index (κ1) is 28.9. The lowest BCUT2D eigenvalue weighted by atomic mass is 9.84. The average molecular weight is 536 g/mol. The van der Waals surface area contributed by atoms with Crippen LogP contribution in [-0.4, -0.2) is 26.7 Å². The molecule has 0 aromatic heterocycles. The van der Waals surface area contributed by atoms with Crippen molar-refractivity contribution in [3.8, 4) is 5.75 Å². The van der Waals surface area contributed by atoms with Crippen LogP contribution in [0.3, 0.4) is 0 Å². The summed E-state index contributed by atoms with van der Waals surface area (Å²) in [7, 11) is -1.44. The number of hydrogen-bond acceptors (Lipinski definition) is 4. The van der Waals surface area contributed by atoms with Crippen molar-refractivity contribution in [3.05, 3.63) is 107 Å². The van der Waals surface area contributed by atoms with E-state index in [4.69, 9.17) is 9.16 Å². The molecular weight excluding hydrogens is 494 g/mol. The summed E-state index contributed by atoms with van der Waals surface area (Å²) < 4.78 is 31.2. The van der Waals surface area contributed by atoms with Crippen molar-refractivity contribution >= 4 is 18.0 Å². The Hall–Kier alpha value is -2.67. The second-order valence-corrected chi connectivity index (χ2v) is 16.3. The Morgan fingerprint density at radius 3 is 1.89 bits per heavy atom. The predicted octanol–water partition coefficient (Wildman–Crippen LogP) is 8.60. The van der Waals surface area contributed by atoms with E-state index in [1.54, 1.807) is 14.2 Å². The number of ether oxygens (including phenoxy) is 1. The Bertz CT molecular complexity index is 1250. The minimum Gasteiger partial charge on any atom is -0.497 e. The highest BCUT2D eigenvalue weighted by Crippen LogP contribution is 2.44. The van der Waals surface area contributed by atoms with Gasteiger partial charge in [-0.25, -0.2) is 8.57 Å². The summed E-state index contributed by atoms with van der Waals surface area (Å²) in [5.74, 6) is 0.685. The summed E-state index contributed by atoms with van der Waals surface area (Å²) in [5, 5.41) is 1.87. The topological polar surface area (TPSA) is 47.9 Å². The average Bonchev–Trinajstić information content (AvgIpc) is 2.96. The zero-order valence-corrected chi connectivity index (χ0v) is 24.8. The monoisotopic (exact) mass is 535 g/mol. The smallest absolute Gasteiger partial charge is 0.192 e. The van der Waals surface area contributed by atoms with E-state index >= 15 is 0 Å². The van der Waals surface area contributed by atoms with Gasteiger partial charge in [-0.3, -0.25) is 0 Å². The lowest BCUT2D eigenvalue weighted by Crippen LogP contribution is -2.39. The highest BCUT2D eigenvalue weighted by Gasteiger charge is 2.37. The van der Waals surface area contributed by atoms with Gasteiger partial charge in [0, 0.05) is 18.4 Å². The lowest BCUT2D eigenvalue weighted by molar-refractivity contribution is 0.170. The Balaban J connectivity index is 2.24. The second kappa shape index (κ2) is 13.2. The lowest BCUT2D eigenvalue weighted by Gasteiger charge is -2.38. The van der Waals surface area contributed by atoms with Crippen LogP contribution < -0.4 is 4.74 Å². The predicted molar refractivity (Wildman–Crippen MR) is 158 cm³/mol. The maximum Gasteiger partial charge on any atom is 0.192 e. The van der Waals surface area contributed by atoms with Crippen LogP contribution in [0.5, 0.6) is 5.75 Å². The normalized spacial score (nSPS) is 15.5. The molecule has 0 bridgehead atoms. The molecule has 0 heterocycles. The fourth-order valence-corrected chi connectivity index (χ4v) is 9.36. The second-order valence-electron chi connectivity index (χ2n) is 9.37. The minimum absolute atomic E-state index is 0.127. The third-order valence-corrected chi connectivity index (χ3v) is 14.2. The van der Waals surface area contributed by atoms with Crippen LogP contribution in [-0.2, 0) is 14.2 Å². The Morgan fingerprint density at radius 1 is 0.865 bits per heavy atom. The van der Waals surface area contributed by atoms with Crippen LogP contribution in [0.4, 0.5) is 0 Å². The molecule has 0 saturated carbocycles. The van der Waals surface area contributed by atoms with E-state index < -0.39 is 18.0 Å². The molecule has 3 aromatic carbocycles. The van der Waals surface area contributed by atoms with E-state index in [-0.39, 0.29) is 12.0 Å². The van der Waals surface area contributed by atoms with Crippen molar-refractivity contribution in [3.63, 3.8) is 0 Å². The molecule has 0 aliphatic rings. The Morgan fingerprint density at radius 2 is 1.41 bits per heavy atom. The van der Waals surface area contributed by atoms with Crippen molar-refractivity contribution in [2.75, 3.05) is 14.2 Å². The summed E-state index contributed by atoms with van der Waals surface area (Å²) >= 11 is 0. The Kier molecular flexibility index (Phi) is 10.3. The van der Waals surface area contributed by atoms with Gasteiger partial charge in [0.05, 0.1) is 27.8 Å². The van der Waals surface area contributed by atoms with E-state index in [2.05, 4.69) is 68.5 Å². The van der Waals surface area contributed by atoms with Gasteiger partial charge in [0.15, 0.2) is 8.32 Å². The SMILES string of the molecule is CC[Si](CC)(CC)O[C@@H](c1ccc(OC)cc1)[C@@H](/C(C)=C\[S@@](=O)(=NC)c1ccccc1)c1ccccc1. The van der Waals surface area contributed by atoms with Crippen molar-refractivity contribution < 1.29 is 13.4 Å². The molecule has 3 rings (SSSR count). The molecule has 0 saturated heterocycles. The standard InChI is InChI=1S/C31H41NO3SSi/c1-7-37(8-2,9-3)35-31(27-20-22-28(34-6)23-21-27)30(26-16-12-10-13-17-26)25(4)24-36(33,32-5)29-18-14-11-15-19-29/h10-24,30-31H,7-9H2,1-6H3/b25-24-/t30-,31-,36-/m0/s1. The van der Waals surface area contributed by atoms with E-state index in [9.17, 15) is 4.21 Å². The first-order valence-electron chi connectivity index (χ1n) is 13.1. The fourth-order valence-electron chi connectivity index (χ4n) is 4.90. The highest BCUT2D eigenvalue weighted by molar-refractivity contribution is 7.96. The summed E-state index contributed by atoms with van der Waals surface area (Å²) in [4.78, 5) is 0.713. The molecule has 0 aliphatic carbocycles. The van der Waals surface area contributed by atoms with Crippen LogP contribution in [0.15, 0.2) is 105 Å². The van der Waals surface area contributed by atoms with Crippen LogP contribution >= 0.6 is 0 Å². The molecule has 0 aliphatic heterocycles. The molecule has 3 aromatic rings. The molecule has 0 spiro atoms. The van der Waals surface area contributed by atoms with Gasteiger partial charge < -0.3 is 9.16 Å². The summed E-state index contributed by atoms with van der Waals surface area (Å²) in [5.41, 5.74) is 3.21. The molecule has 37 heavy (non-hydrogen) atoms. The third-order valence-electron chi connectivity index (χ3n) is 7.40. The maximum atomic E-state index is 14.1. The maximum absolute atomic E-state index is 14.1. The number of nitrogens with zero attached hydrogens (tertiary/aromatic N) is 1. The number of rotatable bonds is 12. The molecule has 3 atom stereocenters. The van der Waals surface area contributed by atoms with Crippen LogP contribution in [0.1, 0.15) is 50.8 Å². The number of benzene rings is 3. The fraction of sp³-hybridized carbons (Fsp3) is 0.355. The van der Waals surface area contributed by atoms with Crippen molar-refractivity contribution in [1.29, 1.82) is 0 Å². The van der Waals surface area contributed by atoms with Crippen LogP contribution in [0, 0.1) is 0 Å². The number of methoxy groups -OCH3 is 1. The van der Waals surface area contributed by atoms with Gasteiger partial charge in [0.2, 0.25) is 0 Å². The van der Waals surface area contributed by atoms with E-state index in [0.717, 1.165) is 40.6 Å². The van der Waals surface area contributed by atoms with Gasteiger partial charge >= 0.3 is 0 Å². The van der Waals surface area contributed by atoms with Gasteiger partial charge in [0.1, 0.15) is 5.75 Å². The summed E-state index contributed by atoms with van der Waals surface area (Å²) in [6.45, 7) is 8.83. The zero-order valence-electron chi connectivity index (χ0n) is 23.0.